The summed E-state index contributed by atoms with van der Waals surface area (Å²) in [5.41, 5.74) is 1.70. The van der Waals surface area contributed by atoms with Crippen molar-refractivity contribution >= 4 is 28.4 Å². The van der Waals surface area contributed by atoms with Crippen LogP contribution in [0.5, 0.6) is 0 Å². The van der Waals surface area contributed by atoms with E-state index in [1.54, 1.807) is 48.5 Å². The average Bonchev–Trinajstić information content (AvgIpc) is 2.70. The molecule has 0 atom stereocenters. The molecule has 0 aliphatic rings. The minimum Gasteiger partial charge on any atom is -0.267 e. The van der Waals surface area contributed by atoms with Gasteiger partial charge in [-0.3, -0.25) is 15.0 Å². The molecule has 0 aliphatic heterocycles. The van der Waals surface area contributed by atoms with Crippen molar-refractivity contribution in [3.05, 3.63) is 99.3 Å². The molecule has 8 heteroatoms. The van der Waals surface area contributed by atoms with Gasteiger partial charge in [0.2, 0.25) is 0 Å². The number of nitrogens with one attached hydrogen (secondary N) is 1. The molecule has 0 aliphatic carbocycles. The summed E-state index contributed by atoms with van der Waals surface area (Å²) < 4.78 is 28.9. The van der Waals surface area contributed by atoms with Crippen LogP contribution in [-0.2, 0) is 0 Å². The van der Waals surface area contributed by atoms with Crippen molar-refractivity contribution in [3.8, 4) is 11.4 Å². The summed E-state index contributed by atoms with van der Waals surface area (Å²) in [6.07, 6.45) is 0. The minimum absolute atomic E-state index is 0.0706. The van der Waals surface area contributed by atoms with Crippen molar-refractivity contribution in [3.63, 3.8) is 0 Å². The third-order valence-electron chi connectivity index (χ3n) is 4.26. The predicted octanol–water partition coefficient (Wildman–Crippen LogP) is 4.38. The summed E-state index contributed by atoms with van der Waals surface area (Å²) in [5.74, 6) is -3.15. The van der Waals surface area contributed by atoms with Gasteiger partial charge in [-0.05, 0) is 36.4 Å². The third kappa shape index (κ3) is 3.48. The Kier molecular flexibility index (Phi) is 4.82. The van der Waals surface area contributed by atoms with Gasteiger partial charge in [-0.15, -0.1) is 0 Å². The molecular weight excluding hydrogens is 400 g/mol. The number of hydrogen-bond donors (Lipinski definition) is 1. The molecule has 0 bridgehead atoms. The van der Waals surface area contributed by atoms with Crippen molar-refractivity contribution in [1.82, 2.24) is 9.66 Å². The van der Waals surface area contributed by atoms with E-state index in [1.165, 1.54) is 0 Å². The van der Waals surface area contributed by atoms with Gasteiger partial charge in [-0.25, -0.2) is 13.8 Å². The van der Waals surface area contributed by atoms with Crippen molar-refractivity contribution in [2.75, 3.05) is 5.43 Å². The standard InChI is InChI=1S/C21H12ClF2N3O2/c22-13-6-3-5-12(11-13)19-25-17-10-2-1-7-14(17)21(29)27(19)26-20(28)18-15(23)8-4-9-16(18)24/h1-11H,(H,26,28). The normalized spacial score (nSPS) is 10.9. The highest BCUT2D eigenvalue weighted by Gasteiger charge is 2.20. The number of aromatic nitrogens is 2. The number of para-hydroxylation sites is 1. The first kappa shape index (κ1) is 18.8. The molecule has 0 unspecified atom stereocenters. The topological polar surface area (TPSA) is 64.0 Å². The number of nitrogens with zero attached hydrogens (tertiary/aromatic N) is 2. The van der Waals surface area contributed by atoms with Crippen LogP contribution < -0.4 is 11.0 Å². The smallest absolute Gasteiger partial charge is 0.267 e. The van der Waals surface area contributed by atoms with Crippen LogP contribution >= 0.6 is 11.6 Å². The molecule has 1 amide bonds. The second-order valence-corrected chi connectivity index (χ2v) is 6.58. The van der Waals surface area contributed by atoms with E-state index in [9.17, 15) is 18.4 Å². The number of amides is 1. The predicted molar refractivity (Wildman–Crippen MR) is 106 cm³/mol. The summed E-state index contributed by atoms with van der Waals surface area (Å²) in [5, 5.41) is 0.621. The Labute approximate surface area is 168 Å². The van der Waals surface area contributed by atoms with Gasteiger partial charge >= 0.3 is 0 Å². The summed E-state index contributed by atoms with van der Waals surface area (Å²) >= 11 is 6.05. The lowest BCUT2D eigenvalue weighted by molar-refractivity contribution is 0.0999. The Morgan fingerprint density at radius 2 is 1.66 bits per heavy atom. The second-order valence-electron chi connectivity index (χ2n) is 6.14. The lowest BCUT2D eigenvalue weighted by Crippen LogP contribution is -2.35. The Hall–Kier alpha value is -3.58. The van der Waals surface area contributed by atoms with Crippen LogP contribution in [0.2, 0.25) is 5.02 Å². The highest BCUT2D eigenvalue weighted by atomic mass is 35.5. The molecule has 4 aromatic rings. The van der Waals surface area contributed by atoms with Crippen molar-refractivity contribution < 1.29 is 13.6 Å². The number of carbonyl (C=O) groups excluding carboxylic acids is 1. The van der Waals surface area contributed by atoms with Crippen LogP contribution in [-0.4, -0.2) is 15.6 Å². The molecule has 1 aromatic heterocycles. The molecule has 5 nitrogen and oxygen atoms in total. The van der Waals surface area contributed by atoms with E-state index in [0.717, 1.165) is 22.9 Å². The molecule has 29 heavy (non-hydrogen) atoms. The average molecular weight is 412 g/mol. The third-order valence-corrected chi connectivity index (χ3v) is 4.50. The maximum Gasteiger partial charge on any atom is 0.280 e. The van der Waals surface area contributed by atoms with E-state index in [2.05, 4.69) is 10.4 Å². The number of hydrogen-bond acceptors (Lipinski definition) is 3. The Morgan fingerprint density at radius 3 is 2.38 bits per heavy atom. The molecule has 0 saturated carbocycles. The monoisotopic (exact) mass is 411 g/mol. The van der Waals surface area contributed by atoms with Gasteiger partial charge in [0.05, 0.1) is 10.9 Å². The summed E-state index contributed by atoms with van der Waals surface area (Å²) in [4.78, 5) is 30.1. The van der Waals surface area contributed by atoms with E-state index in [4.69, 9.17) is 11.6 Å². The molecule has 3 aromatic carbocycles. The maximum absolute atomic E-state index is 14.0. The van der Waals surface area contributed by atoms with Crippen molar-refractivity contribution in [2.45, 2.75) is 0 Å². The second kappa shape index (κ2) is 7.44. The lowest BCUT2D eigenvalue weighted by atomic mass is 10.2. The minimum atomic E-state index is -1.12. The quantitative estimate of drug-likeness (QED) is 0.544. The molecule has 1 heterocycles. The van der Waals surface area contributed by atoms with Gasteiger partial charge in [0, 0.05) is 10.6 Å². The molecule has 4 rings (SSSR count). The van der Waals surface area contributed by atoms with Crippen LogP contribution in [0.4, 0.5) is 8.78 Å². The van der Waals surface area contributed by atoms with Crippen molar-refractivity contribution in [1.29, 1.82) is 0 Å². The van der Waals surface area contributed by atoms with Crippen LogP contribution in [0, 0.1) is 11.6 Å². The van der Waals surface area contributed by atoms with E-state index < -0.39 is 28.7 Å². The molecule has 144 valence electrons. The summed E-state index contributed by atoms with van der Waals surface area (Å²) in [6, 6.07) is 16.1. The van der Waals surface area contributed by atoms with Gasteiger partial charge < -0.3 is 0 Å². The molecule has 0 spiro atoms. The molecule has 1 N–H and O–H groups in total. The number of rotatable bonds is 3. The van der Waals surface area contributed by atoms with Crippen LogP contribution in [0.3, 0.4) is 0 Å². The Bertz CT molecular complexity index is 1300. The largest absolute Gasteiger partial charge is 0.280 e. The van der Waals surface area contributed by atoms with E-state index in [0.29, 0.717) is 16.1 Å². The Morgan fingerprint density at radius 1 is 0.966 bits per heavy atom. The summed E-state index contributed by atoms with van der Waals surface area (Å²) in [6.45, 7) is 0. The van der Waals surface area contributed by atoms with E-state index in [-0.39, 0.29) is 11.2 Å². The lowest BCUT2D eigenvalue weighted by Gasteiger charge is -2.15. The molecule has 0 radical (unpaired) electrons. The number of carbonyl (C=O) groups is 1. The number of halogens is 3. The number of fused-ring (bicyclic) bond motifs is 1. The zero-order chi connectivity index (χ0) is 20.5. The van der Waals surface area contributed by atoms with Crippen LogP contribution in [0.15, 0.2) is 71.5 Å². The first-order valence-corrected chi connectivity index (χ1v) is 8.86. The zero-order valence-corrected chi connectivity index (χ0v) is 15.5. The number of benzene rings is 3. The summed E-state index contributed by atoms with van der Waals surface area (Å²) in [7, 11) is 0. The molecular formula is C21H12ClF2N3O2. The fourth-order valence-electron chi connectivity index (χ4n) is 2.93. The van der Waals surface area contributed by atoms with Gasteiger partial charge in [-0.1, -0.05) is 41.9 Å². The highest BCUT2D eigenvalue weighted by molar-refractivity contribution is 6.30. The first-order chi connectivity index (χ1) is 14.0. The first-order valence-electron chi connectivity index (χ1n) is 8.49. The fourth-order valence-corrected chi connectivity index (χ4v) is 3.12. The highest BCUT2D eigenvalue weighted by Crippen LogP contribution is 2.22. The van der Waals surface area contributed by atoms with E-state index >= 15 is 0 Å². The van der Waals surface area contributed by atoms with Gasteiger partial charge in [-0.2, -0.15) is 4.68 Å². The van der Waals surface area contributed by atoms with Gasteiger partial charge in [0.1, 0.15) is 17.2 Å². The van der Waals surface area contributed by atoms with Gasteiger partial charge in [0.25, 0.3) is 11.5 Å². The molecule has 0 fully saturated rings. The fraction of sp³-hybridized carbons (Fsp3) is 0. The maximum atomic E-state index is 14.0. The van der Waals surface area contributed by atoms with Gasteiger partial charge in [0.15, 0.2) is 5.82 Å². The SMILES string of the molecule is O=C(Nn1c(-c2cccc(Cl)c2)nc2ccccc2c1=O)c1c(F)cccc1F. The van der Waals surface area contributed by atoms with Crippen LogP contribution in [0.1, 0.15) is 10.4 Å². The molecule has 0 saturated heterocycles. The zero-order valence-electron chi connectivity index (χ0n) is 14.7. The van der Waals surface area contributed by atoms with Crippen LogP contribution in [0.25, 0.3) is 22.3 Å². The Balaban J connectivity index is 1.93. The van der Waals surface area contributed by atoms with E-state index in [1.807, 2.05) is 0 Å². The van der Waals surface area contributed by atoms with Crippen molar-refractivity contribution in [2.24, 2.45) is 0 Å².